The van der Waals surface area contributed by atoms with Gasteiger partial charge in [-0.05, 0) is 37.0 Å². The van der Waals surface area contributed by atoms with Crippen molar-refractivity contribution in [3.05, 3.63) is 24.3 Å². The minimum Gasteiger partial charge on any atom is -0.326 e. The Bertz CT molecular complexity index is 702. The van der Waals surface area contributed by atoms with Gasteiger partial charge < -0.3 is 5.73 Å². The lowest BCUT2D eigenvalue weighted by Crippen LogP contribution is -2.38. The molecule has 120 valence electrons. The van der Waals surface area contributed by atoms with E-state index in [0.717, 1.165) is 18.9 Å². The number of sulfonamides is 2. The molecule has 1 aliphatic rings. The highest BCUT2D eigenvalue weighted by atomic mass is 35.5. The Morgan fingerprint density at radius 3 is 2.29 bits per heavy atom. The second-order valence-electron chi connectivity index (χ2n) is 4.87. The van der Waals surface area contributed by atoms with Crippen molar-refractivity contribution in [3.8, 4) is 0 Å². The van der Waals surface area contributed by atoms with Gasteiger partial charge in [-0.25, -0.2) is 26.7 Å². The molecule has 0 aromatic heterocycles. The molecule has 21 heavy (non-hydrogen) atoms. The van der Waals surface area contributed by atoms with Gasteiger partial charge >= 0.3 is 0 Å². The van der Waals surface area contributed by atoms with Crippen molar-refractivity contribution in [2.45, 2.75) is 28.7 Å². The fourth-order valence-corrected chi connectivity index (χ4v) is 3.55. The van der Waals surface area contributed by atoms with E-state index in [9.17, 15) is 16.8 Å². The minimum atomic E-state index is -3.94. The first-order valence-electron chi connectivity index (χ1n) is 6.08. The lowest BCUT2D eigenvalue weighted by molar-refractivity contribution is 0.547. The summed E-state index contributed by atoms with van der Waals surface area (Å²) in [5.41, 5.74) is 5.82. The number of primary sulfonamides is 1. The van der Waals surface area contributed by atoms with Crippen molar-refractivity contribution in [2.24, 2.45) is 16.8 Å². The van der Waals surface area contributed by atoms with Gasteiger partial charge in [-0.15, -0.1) is 12.4 Å². The van der Waals surface area contributed by atoms with Gasteiger partial charge in [0.25, 0.3) is 0 Å². The zero-order valence-corrected chi connectivity index (χ0v) is 13.5. The van der Waals surface area contributed by atoms with Crippen LogP contribution in [0.25, 0.3) is 0 Å². The van der Waals surface area contributed by atoms with Crippen LogP contribution in [0.3, 0.4) is 0 Å². The molecule has 1 unspecified atom stereocenters. The molecule has 5 N–H and O–H groups in total. The summed E-state index contributed by atoms with van der Waals surface area (Å²) in [6.07, 6.45) is 2.04. The Labute approximate surface area is 130 Å². The standard InChI is InChI=1S/C11H17N3O4S2.ClH/c12-11(8-4-5-8)7-14-20(17,18)10-3-1-2-9(6-10)19(13,15)16;/h1-3,6,8,11,14H,4-5,7,12H2,(H2,13,15,16);1H. The number of hydrogen-bond acceptors (Lipinski definition) is 5. The second kappa shape index (κ2) is 6.59. The highest BCUT2D eigenvalue weighted by Crippen LogP contribution is 2.31. The molecule has 10 heteroatoms. The van der Waals surface area contributed by atoms with Crippen molar-refractivity contribution in [1.82, 2.24) is 4.72 Å². The van der Waals surface area contributed by atoms with Gasteiger partial charge in [0.15, 0.2) is 0 Å². The zero-order valence-electron chi connectivity index (χ0n) is 11.1. The van der Waals surface area contributed by atoms with Crippen LogP contribution in [-0.2, 0) is 20.0 Å². The predicted molar refractivity (Wildman–Crippen MR) is 81.0 cm³/mol. The summed E-state index contributed by atoms with van der Waals surface area (Å²) >= 11 is 0. The monoisotopic (exact) mass is 355 g/mol. The fraction of sp³-hybridized carbons (Fsp3) is 0.455. The fourth-order valence-electron chi connectivity index (χ4n) is 1.80. The highest BCUT2D eigenvalue weighted by Gasteiger charge is 2.29. The molecule has 1 fully saturated rings. The summed E-state index contributed by atoms with van der Waals surface area (Å²) in [6.45, 7) is 0.132. The third kappa shape index (κ3) is 4.90. The van der Waals surface area contributed by atoms with Gasteiger partial charge in [0, 0.05) is 12.6 Å². The maximum absolute atomic E-state index is 12.1. The van der Waals surface area contributed by atoms with Gasteiger partial charge in [0.2, 0.25) is 20.0 Å². The molecular formula is C11H18ClN3O4S2. The van der Waals surface area contributed by atoms with Crippen LogP contribution < -0.4 is 15.6 Å². The number of benzene rings is 1. The molecule has 2 rings (SSSR count). The second-order valence-corrected chi connectivity index (χ2v) is 8.20. The first kappa shape index (κ1) is 18.3. The van der Waals surface area contributed by atoms with Crippen LogP contribution in [0.2, 0.25) is 0 Å². The number of nitrogens with one attached hydrogen (secondary N) is 1. The quantitative estimate of drug-likeness (QED) is 0.648. The molecule has 1 aromatic carbocycles. The van der Waals surface area contributed by atoms with Gasteiger partial charge in [0.1, 0.15) is 0 Å². The predicted octanol–water partition coefficient (Wildman–Crippen LogP) is -0.229. The summed E-state index contributed by atoms with van der Waals surface area (Å²) in [5, 5.41) is 4.98. The number of nitrogens with two attached hydrogens (primary N) is 2. The minimum absolute atomic E-state index is 0. The van der Waals surface area contributed by atoms with Crippen LogP contribution in [0.5, 0.6) is 0 Å². The van der Waals surface area contributed by atoms with E-state index in [1.807, 2.05) is 0 Å². The summed E-state index contributed by atoms with van der Waals surface area (Å²) in [6, 6.07) is 4.69. The molecule has 0 saturated heterocycles. The van der Waals surface area contributed by atoms with E-state index >= 15 is 0 Å². The van der Waals surface area contributed by atoms with Crippen LogP contribution in [0.1, 0.15) is 12.8 Å². The van der Waals surface area contributed by atoms with E-state index in [4.69, 9.17) is 10.9 Å². The van der Waals surface area contributed by atoms with E-state index in [0.29, 0.717) is 5.92 Å². The van der Waals surface area contributed by atoms with Crippen molar-refractivity contribution >= 4 is 32.5 Å². The van der Waals surface area contributed by atoms with Crippen LogP contribution in [-0.4, -0.2) is 29.4 Å². The van der Waals surface area contributed by atoms with E-state index in [-0.39, 0.29) is 34.8 Å². The van der Waals surface area contributed by atoms with E-state index in [1.54, 1.807) is 0 Å². The van der Waals surface area contributed by atoms with E-state index in [2.05, 4.69) is 4.72 Å². The first-order chi connectivity index (χ1) is 9.20. The Kier molecular flexibility index (Phi) is 5.76. The molecule has 1 aromatic rings. The molecule has 1 aliphatic carbocycles. The maximum Gasteiger partial charge on any atom is 0.240 e. The Morgan fingerprint density at radius 2 is 1.76 bits per heavy atom. The molecular weight excluding hydrogens is 338 g/mol. The van der Waals surface area contributed by atoms with E-state index < -0.39 is 20.0 Å². The van der Waals surface area contributed by atoms with Gasteiger partial charge in [-0.1, -0.05) is 6.07 Å². The van der Waals surface area contributed by atoms with Crippen LogP contribution >= 0.6 is 12.4 Å². The topological polar surface area (TPSA) is 132 Å². The lowest BCUT2D eigenvalue weighted by atomic mass is 10.2. The average Bonchev–Trinajstić information content (AvgIpc) is 3.19. The van der Waals surface area contributed by atoms with Gasteiger partial charge in [-0.2, -0.15) is 0 Å². The van der Waals surface area contributed by atoms with Crippen molar-refractivity contribution in [1.29, 1.82) is 0 Å². The van der Waals surface area contributed by atoms with Crippen LogP contribution in [0.4, 0.5) is 0 Å². The van der Waals surface area contributed by atoms with Crippen molar-refractivity contribution in [3.63, 3.8) is 0 Å². The van der Waals surface area contributed by atoms with Crippen molar-refractivity contribution < 1.29 is 16.8 Å². The first-order valence-corrected chi connectivity index (χ1v) is 9.11. The van der Waals surface area contributed by atoms with E-state index in [1.165, 1.54) is 18.2 Å². The van der Waals surface area contributed by atoms with Gasteiger partial charge in [0.05, 0.1) is 9.79 Å². The molecule has 1 saturated carbocycles. The van der Waals surface area contributed by atoms with Crippen LogP contribution in [0, 0.1) is 5.92 Å². The number of hydrogen-bond donors (Lipinski definition) is 3. The summed E-state index contributed by atoms with van der Waals surface area (Å²) in [5.74, 6) is 0.369. The Balaban J connectivity index is 0.00000220. The smallest absolute Gasteiger partial charge is 0.240 e. The Morgan fingerprint density at radius 1 is 1.19 bits per heavy atom. The number of halogens is 1. The SMILES string of the molecule is Cl.NC(CNS(=O)(=O)c1cccc(S(N)(=O)=O)c1)C1CC1. The molecule has 0 heterocycles. The molecule has 0 radical (unpaired) electrons. The molecule has 0 aliphatic heterocycles. The molecule has 0 spiro atoms. The maximum atomic E-state index is 12.1. The van der Waals surface area contributed by atoms with Gasteiger partial charge in [-0.3, -0.25) is 0 Å². The lowest BCUT2D eigenvalue weighted by Gasteiger charge is -2.12. The summed E-state index contributed by atoms with van der Waals surface area (Å²) in [4.78, 5) is -0.390. The van der Waals surface area contributed by atoms with Crippen LogP contribution in [0.15, 0.2) is 34.1 Å². The van der Waals surface area contributed by atoms with Crippen molar-refractivity contribution in [2.75, 3.05) is 6.54 Å². The molecule has 0 amide bonds. The third-order valence-corrected chi connectivity index (χ3v) is 5.51. The molecule has 7 nitrogen and oxygen atoms in total. The summed E-state index contributed by atoms with van der Waals surface area (Å²) < 4.78 is 48.9. The molecule has 1 atom stereocenters. The number of rotatable bonds is 6. The largest absolute Gasteiger partial charge is 0.326 e. The zero-order chi connectivity index (χ0) is 15.0. The summed E-state index contributed by atoms with van der Waals surface area (Å²) in [7, 11) is -7.73. The Hall–Kier alpha value is -0.710. The highest BCUT2D eigenvalue weighted by molar-refractivity contribution is 7.90. The average molecular weight is 356 g/mol. The third-order valence-electron chi connectivity index (χ3n) is 3.18. The normalized spacial score (nSPS) is 17.0. The molecule has 0 bridgehead atoms.